The van der Waals surface area contributed by atoms with Gasteiger partial charge in [-0.1, -0.05) is 36.3 Å². The summed E-state index contributed by atoms with van der Waals surface area (Å²) in [7, 11) is -2.41. The Morgan fingerprint density at radius 3 is 2.19 bits per heavy atom. The standard InChI is InChI=1S/C15H10FN2O2S.C4H8O.Li/c1-9-13-6-11(10-2-4-12(16)5-3-10)7-14(21(19)20)15(13)18-8-17-9;1-3-5-4-2;/h2-8H,1H3;1-4H2;/q-1;-2;+1. The van der Waals surface area contributed by atoms with Gasteiger partial charge < -0.3 is 27.0 Å². The number of aryl methyl sites for hydroxylation is 1. The molecule has 0 bridgehead atoms. The van der Waals surface area contributed by atoms with Crippen LogP contribution in [0, 0.1) is 26.6 Å². The zero-order chi connectivity index (χ0) is 19.1. The SMILES string of the molecule is Cc1ncnc2c([S-](=O)=O)cc(-c3ccc(F)cc3)cc12.[CH2-]COC[CH2-].[Li+]. The van der Waals surface area contributed by atoms with Gasteiger partial charge >= 0.3 is 18.9 Å². The van der Waals surface area contributed by atoms with Gasteiger partial charge in [0.2, 0.25) is 0 Å². The molecule has 0 saturated heterocycles. The summed E-state index contributed by atoms with van der Waals surface area (Å²) < 4.78 is 40.5. The fraction of sp³-hybridized carbons (Fsp3) is 0.158. The molecule has 27 heavy (non-hydrogen) atoms. The summed E-state index contributed by atoms with van der Waals surface area (Å²) in [6, 6.07) is 9.23. The first-order valence-electron chi connectivity index (χ1n) is 7.74. The molecule has 1 heterocycles. The van der Waals surface area contributed by atoms with Crippen LogP contribution in [0.3, 0.4) is 0 Å². The zero-order valence-corrected chi connectivity index (χ0v) is 16.1. The van der Waals surface area contributed by atoms with Crippen LogP contribution in [0.2, 0.25) is 0 Å². The molecule has 0 aliphatic rings. The zero-order valence-electron chi connectivity index (χ0n) is 15.3. The smallest absolute Gasteiger partial charge is 0.445 e. The Bertz CT molecular complexity index is 953. The van der Waals surface area contributed by atoms with E-state index in [-0.39, 0.29) is 29.6 Å². The van der Waals surface area contributed by atoms with Gasteiger partial charge in [0.25, 0.3) is 0 Å². The van der Waals surface area contributed by atoms with E-state index in [2.05, 4.69) is 28.6 Å². The van der Waals surface area contributed by atoms with Crippen molar-refractivity contribution in [1.82, 2.24) is 9.97 Å². The van der Waals surface area contributed by atoms with E-state index in [9.17, 15) is 12.8 Å². The minimum atomic E-state index is -2.41. The predicted molar refractivity (Wildman–Crippen MR) is 98.2 cm³/mol. The summed E-state index contributed by atoms with van der Waals surface area (Å²) in [4.78, 5) is 8.24. The van der Waals surface area contributed by atoms with Crippen LogP contribution >= 0.6 is 0 Å². The molecule has 0 radical (unpaired) electrons. The molecule has 0 amide bonds. The second-order valence-corrected chi connectivity index (χ2v) is 6.09. The van der Waals surface area contributed by atoms with Crippen LogP contribution in [-0.4, -0.2) is 23.2 Å². The maximum absolute atomic E-state index is 13.0. The van der Waals surface area contributed by atoms with Gasteiger partial charge in [-0.2, -0.15) is 0 Å². The molecule has 0 saturated carbocycles. The molecular formula is C19H18FLiN2O3S-2. The van der Waals surface area contributed by atoms with Crippen molar-refractivity contribution < 1.29 is 36.4 Å². The molecule has 0 aliphatic heterocycles. The molecular weight excluding hydrogens is 362 g/mol. The summed E-state index contributed by atoms with van der Waals surface area (Å²) in [5, 5.41) is 0.665. The van der Waals surface area contributed by atoms with E-state index in [4.69, 9.17) is 0 Å². The summed E-state index contributed by atoms with van der Waals surface area (Å²) in [5.74, 6) is -0.341. The maximum Gasteiger partial charge on any atom is 1.00 e. The molecule has 0 N–H and O–H groups in total. The summed E-state index contributed by atoms with van der Waals surface area (Å²) in [6.07, 6.45) is 1.34. The molecule has 1 aromatic heterocycles. The van der Waals surface area contributed by atoms with Gasteiger partial charge in [0.05, 0.1) is 5.52 Å². The number of hydrogen-bond donors (Lipinski definition) is 0. The third-order valence-corrected chi connectivity index (χ3v) is 4.22. The fourth-order valence-corrected chi connectivity index (χ4v) is 2.84. The second kappa shape index (κ2) is 11.1. The first-order chi connectivity index (χ1) is 12.5. The van der Waals surface area contributed by atoms with E-state index in [1.54, 1.807) is 19.1 Å². The second-order valence-electron chi connectivity index (χ2n) is 5.18. The topological polar surface area (TPSA) is 69.2 Å². The van der Waals surface area contributed by atoms with E-state index in [1.807, 2.05) is 6.07 Å². The molecule has 0 unspecified atom stereocenters. The summed E-state index contributed by atoms with van der Waals surface area (Å²) in [6.45, 7) is 9.68. The Morgan fingerprint density at radius 1 is 1.04 bits per heavy atom. The number of halogens is 1. The third kappa shape index (κ3) is 6.11. The Labute approximate surface area is 172 Å². The van der Waals surface area contributed by atoms with Gasteiger partial charge in [-0.25, -0.2) is 14.4 Å². The first-order valence-corrected chi connectivity index (χ1v) is 8.82. The number of fused-ring (bicyclic) bond motifs is 1. The van der Waals surface area contributed by atoms with E-state index >= 15 is 0 Å². The van der Waals surface area contributed by atoms with Crippen LogP contribution in [0.25, 0.3) is 22.0 Å². The van der Waals surface area contributed by atoms with E-state index in [1.165, 1.54) is 24.5 Å². The molecule has 0 atom stereocenters. The maximum atomic E-state index is 13.0. The van der Waals surface area contributed by atoms with Crippen LogP contribution in [0.15, 0.2) is 47.6 Å². The Morgan fingerprint density at radius 2 is 1.67 bits per heavy atom. The summed E-state index contributed by atoms with van der Waals surface area (Å²) in [5.41, 5.74) is 2.49. The molecule has 0 fully saturated rings. The van der Waals surface area contributed by atoms with Crippen molar-refractivity contribution in [3.8, 4) is 11.1 Å². The van der Waals surface area contributed by atoms with Crippen molar-refractivity contribution in [3.05, 3.63) is 68.1 Å². The van der Waals surface area contributed by atoms with Gasteiger partial charge in [-0.3, -0.25) is 0 Å². The normalized spacial score (nSPS) is 10.3. The molecule has 5 nitrogen and oxygen atoms in total. The molecule has 3 aromatic rings. The van der Waals surface area contributed by atoms with Crippen LogP contribution in [0.4, 0.5) is 4.39 Å². The minimum Gasteiger partial charge on any atom is -0.445 e. The molecule has 0 aliphatic carbocycles. The van der Waals surface area contributed by atoms with Gasteiger partial charge in [-0.05, 0) is 47.0 Å². The van der Waals surface area contributed by atoms with E-state index in [0.29, 0.717) is 35.4 Å². The predicted octanol–water partition coefficient (Wildman–Crippen LogP) is 1.09. The van der Waals surface area contributed by atoms with E-state index in [0.717, 1.165) is 5.56 Å². The number of benzene rings is 2. The molecule has 8 heteroatoms. The number of ether oxygens (including phenoxy) is 1. The third-order valence-electron chi connectivity index (χ3n) is 3.55. The van der Waals surface area contributed by atoms with Crippen molar-refractivity contribution in [1.29, 1.82) is 0 Å². The van der Waals surface area contributed by atoms with Gasteiger partial charge in [0, 0.05) is 11.1 Å². The number of aromatic nitrogens is 2. The van der Waals surface area contributed by atoms with Crippen molar-refractivity contribution in [2.45, 2.75) is 11.8 Å². The number of hydrogen-bond acceptors (Lipinski definition) is 6. The average molecular weight is 380 g/mol. The molecule has 2 aromatic carbocycles. The number of rotatable bonds is 4. The fourth-order valence-electron chi connectivity index (χ4n) is 2.30. The van der Waals surface area contributed by atoms with Gasteiger partial charge in [-0.15, -0.1) is 0 Å². The molecule has 138 valence electrons. The Balaban J connectivity index is 0.000000542. The van der Waals surface area contributed by atoms with Gasteiger partial charge in [0.15, 0.2) is 0 Å². The number of nitrogens with zero attached hydrogens (tertiary/aromatic N) is 2. The largest absolute Gasteiger partial charge is 1.00 e. The Kier molecular flexibility index (Phi) is 9.60. The van der Waals surface area contributed by atoms with Crippen LogP contribution < -0.4 is 18.9 Å². The van der Waals surface area contributed by atoms with Crippen molar-refractivity contribution in [3.63, 3.8) is 0 Å². The summed E-state index contributed by atoms with van der Waals surface area (Å²) >= 11 is 0. The molecule has 0 spiro atoms. The first kappa shape index (κ1) is 23.3. The van der Waals surface area contributed by atoms with Crippen LogP contribution in [0.5, 0.6) is 0 Å². The van der Waals surface area contributed by atoms with Gasteiger partial charge in [0.1, 0.15) is 12.1 Å². The quantitative estimate of drug-likeness (QED) is 0.385. The van der Waals surface area contributed by atoms with Crippen LogP contribution in [0.1, 0.15) is 5.69 Å². The average Bonchev–Trinajstić information content (AvgIpc) is 2.63. The van der Waals surface area contributed by atoms with Crippen LogP contribution in [-0.2, 0) is 23.9 Å². The van der Waals surface area contributed by atoms with E-state index < -0.39 is 10.7 Å². The van der Waals surface area contributed by atoms with Crippen molar-refractivity contribution in [2.24, 2.45) is 0 Å². The Hall–Kier alpha value is -1.78. The monoisotopic (exact) mass is 380 g/mol. The van der Waals surface area contributed by atoms with Crippen molar-refractivity contribution >= 4 is 21.6 Å². The molecule has 3 rings (SSSR count). The minimum absolute atomic E-state index is 0. The van der Waals surface area contributed by atoms with Crippen molar-refractivity contribution in [2.75, 3.05) is 13.2 Å².